The number of hydrogen-bond acceptors (Lipinski definition) is 2. The van der Waals surface area contributed by atoms with Gasteiger partial charge in [-0.1, -0.05) is 45.7 Å². The minimum Gasteiger partial charge on any atom is -0.348 e. The van der Waals surface area contributed by atoms with E-state index in [0.29, 0.717) is 17.3 Å². The molecule has 0 fully saturated rings. The summed E-state index contributed by atoms with van der Waals surface area (Å²) in [5, 5.41) is 3.42. The molecule has 0 bridgehead atoms. The highest BCUT2D eigenvalue weighted by Crippen LogP contribution is 2.16. The number of nitrogens with one attached hydrogen (secondary N) is 1. The van der Waals surface area contributed by atoms with Crippen LogP contribution < -0.4 is 10.9 Å². The van der Waals surface area contributed by atoms with Crippen molar-refractivity contribution in [2.24, 2.45) is 0 Å². The Balaban J connectivity index is 1.88. The van der Waals surface area contributed by atoms with Crippen LogP contribution in [0.3, 0.4) is 0 Å². The zero-order chi connectivity index (χ0) is 18.7. The summed E-state index contributed by atoms with van der Waals surface area (Å²) in [6, 6.07) is 17.9. The molecule has 26 heavy (non-hydrogen) atoms. The summed E-state index contributed by atoms with van der Waals surface area (Å²) in [4.78, 5) is 25.4. The van der Waals surface area contributed by atoms with Gasteiger partial charge in [0.2, 0.25) is 0 Å². The molecule has 4 nitrogen and oxygen atoms in total. The van der Waals surface area contributed by atoms with Crippen molar-refractivity contribution in [3.8, 4) is 5.69 Å². The van der Waals surface area contributed by atoms with E-state index in [1.165, 1.54) is 4.57 Å². The van der Waals surface area contributed by atoms with Crippen molar-refractivity contribution in [1.29, 1.82) is 0 Å². The molecule has 6 heteroatoms. The normalized spacial score (nSPS) is 10.6. The van der Waals surface area contributed by atoms with Gasteiger partial charge in [0.05, 0.1) is 0 Å². The summed E-state index contributed by atoms with van der Waals surface area (Å²) >= 11 is 9.27. The van der Waals surface area contributed by atoms with Gasteiger partial charge in [0.1, 0.15) is 5.56 Å². The number of aryl methyl sites for hydroxylation is 1. The van der Waals surface area contributed by atoms with Gasteiger partial charge in [-0.25, -0.2) is 0 Å². The van der Waals surface area contributed by atoms with E-state index in [0.717, 1.165) is 15.7 Å². The van der Waals surface area contributed by atoms with Crippen molar-refractivity contribution in [2.75, 3.05) is 0 Å². The molecule has 1 amide bonds. The second-order valence-electron chi connectivity index (χ2n) is 5.82. The van der Waals surface area contributed by atoms with E-state index in [-0.39, 0.29) is 11.1 Å². The Labute approximate surface area is 164 Å². The SMILES string of the molecule is Cc1ccc(C(=O)NCc2ccc(Cl)cc2)c(=O)n1-c1cccc(Br)c1. The summed E-state index contributed by atoms with van der Waals surface area (Å²) < 4.78 is 2.39. The first-order valence-electron chi connectivity index (χ1n) is 7.97. The summed E-state index contributed by atoms with van der Waals surface area (Å²) in [5.74, 6) is -0.409. The average molecular weight is 432 g/mol. The van der Waals surface area contributed by atoms with E-state index < -0.39 is 5.91 Å². The Kier molecular flexibility index (Phi) is 5.59. The molecule has 0 aliphatic rings. The molecule has 0 spiro atoms. The number of carbonyl (C=O) groups is 1. The fourth-order valence-electron chi connectivity index (χ4n) is 2.62. The first-order chi connectivity index (χ1) is 12.5. The number of hydrogen-bond donors (Lipinski definition) is 1. The molecule has 1 heterocycles. The molecule has 0 aliphatic heterocycles. The number of rotatable bonds is 4. The van der Waals surface area contributed by atoms with Gasteiger partial charge >= 0.3 is 0 Å². The molecule has 0 radical (unpaired) electrons. The summed E-state index contributed by atoms with van der Waals surface area (Å²) in [6.07, 6.45) is 0. The Morgan fingerprint density at radius 3 is 2.54 bits per heavy atom. The second-order valence-corrected chi connectivity index (χ2v) is 7.17. The number of pyridine rings is 1. The second kappa shape index (κ2) is 7.89. The lowest BCUT2D eigenvalue weighted by molar-refractivity contribution is 0.0949. The Hall–Kier alpha value is -2.37. The van der Waals surface area contributed by atoms with E-state index in [1.807, 2.05) is 43.3 Å². The number of benzene rings is 2. The van der Waals surface area contributed by atoms with Crippen LogP contribution in [0.2, 0.25) is 5.02 Å². The van der Waals surface area contributed by atoms with Crippen molar-refractivity contribution in [3.05, 3.63) is 97.3 Å². The highest BCUT2D eigenvalue weighted by Gasteiger charge is 2.15. The number of halogens is 2. The van der Waals surface area contributed by atoms with Gasteiger partial charge in [-0.15, -0.1) is 0 Å². The van der Waals surface area contributed by atoms with Gasteiger partial charge in [0.15, 0.2) is 0 Å². The fraction of sp³-hybridized carbons (Fsp3) is 0.100. The Morgan fingerprint density at radius 2 is 1.85 bits per heavy atom. The highest BCUT2D eigenvalue weighted by atomic mass is 79.9. The lowest BCUT2D eigenvalue weighted by Gasteiger charge is -2.12. The van der Waals surface area contributed by atoms with Crippen molar-refractivity contribution >= 4 is 33.4 Å². The van der Waals surface area contributed by atoms with Crippen LogP contribution in [0.1, 0.15) is 21.6 Å². The smallest absolute Gasteiger partial charge is 0.268 e. The predicted octanol–water partition coefficient (Wildman–Crippen LogP) is 4.49. The van der Waals surface area contributed by atoms with Gasteiger partial charge in [-0.3, -0.25) is 14.2 Å². The lowest BCUT2D eigenvalue weighted by atomic mass is 10.2. The molecular weight excluding hydrogens is 416 g/mol. The fourth-order valence-corrected chi connectivity index (χ4v) is 3.13. The average Bonchev–Trinajstić information content (AvgIpc) is 2.61. The first kappa shape index (κ1) is 18.4. The molecule has 3 aromatic rings. The van der Waals surface area contributed by atoms with Gasteiger partial charge in [0.25, 0.3) is 11.5 Å². The van der Waals surface area contributed by atoms with Crippen molar-refractivity contribution in [1.82, 2.24) is 9.88 Å². The number of nitrogens with zero attached hydrogens (tertiary/aromatic N) is 1. The molecule has 0 saturated carbocycles. The lowest BCUT2D eigenvalue weighted by Crippen LogP contribution is -2.33. The van der Waals surface area contributed by atoms with E-state index in [1.54, 1.807) is 24.3 Å². The number of amides is 1. The highest BCUT2D eigenvalue weighted by molar-refractivity contribution is 9.10. The van der Waals surface area contributed by atoms with Crippen molar-refractivity contribution < 1.29 is 4.79 Å². The quantitative estimate of drug-likeness (QED) is 0.661. The van der Waals surface area contributed by atoms with E-state index in [9.17, 15) is 9.59 Å². The van der Waals surface area contributed by atoms with Crippen LogP contribution in [0.25, 0.3) is 5.69 Å². The molecule has 2 aromatic carbocycles. The van der Waals surface area contributed by atoms with Crippen LogP contribution in [0.5, 0.6) is 0 Å². The molecular formula is C20H16BrClN2O2. The summed E-state index contributed by atoms with van der Waals surface area (Å²) in [5.41, 5.74) is 2.11. The van der Waals surface area contributed by atoms with Crippen LogP contribution >= 0.6 is 27.5 Å². The maximum absolute atomic E-state index is 12.9. The van der Waals surface area contributed by atoms with Gasteiger partial charge in [-0.05, 0) is 55.0 Å². The van der Waals surface area contributed by atoms with Gasteiger partial charge in [0, 0.05) is 27.4 Å². The third-order valence-electron chi connectivity index (χ3n) is 3.95. The van der Waals surface area contributed by atoms with E-state index in [2.05, 4.69) is 21.2 Å². The molecule has 0 saturated heterocycles. The van der Waals surface area contributed by atoms with E-state index >= 15 is 0 Å². The number of aromatic nitrogens is 1. The first-order valence-corrected chi connectivity index (χ1v) is 9.14. The molecule has 0 aliphatic carbocycles. The van der Waals surface area contributed by atoms with E-state index in [4.69, 9.17) is 11.6 Å². The summed E-state index contributed by atoms with van der Waals surface area (Å²) in [7, 11) is 0. The third kappa shape index (κ3) is 4.06. The van der Waals surface area contributed by atoms with Gasteiger partial charge in [-0.2, -0.15) is 0 Å². The number of carbonyl (C=O) groups excluding carboxylic acids is 1. The monoisotopic (exact) mass is 430 g/mol. The third-order valence-corrected chi connectivity index (χ3v) is 4.70. The molecule has 132 valence electrons. The summed E-state index contributed by atoms with van der Waals surface area (Å²) in [6.45, 7) is 2.15. The molecule has 0 unspecified atom stereocenters. The molecule has 1 aromatic heterocycles. The van der Waals surface area contributed by atoms with Gasteiger partial charge < -0.3 is 5.32 Å². The molecule has 3 rings (SSSR count). The van der Waals surface area contributed by atoms with Crippen LogP contribution in [0.4, 0.5) is 0 Å². The van der Waals surface area contributed by atoms with Crippen molar-refractivity contribution in [3.63, 3.8) is 0 Å². The maximum Gasteiger partial charge on any atom is 0.268 e. The zero-order valence-corrected chi connectivity index (χ0v) is 16.3. The van der Waals surface area contributed by atoms with Crippen LogP contribution in [-0.4, -0.2) is 10.5 Å². The Bertz CT molecular complexity index is 1010. The minimum absolute atomic E-state index is 0.101. The molecule has 1 N–H and O–H groups in total. The molecule has 0 atom stereocenters. The Morgan fingerprint density at radius 1 is 1.12 bits per heavy atom. The topological polar surface area (TPSA) is 51.1 Å². The predicted molar refractivity (Wildman–Crippen MR) is 107 cm³/mol. The minimum atomic E-state index is -0.409. The zero-order valence-electron chi connectivity index (χ0n) is 14.0. The van der Waals surface area contributed by atoms with Crippen LogP contribution in [0, 0.1) is 6.92 Å². The van der Waals surface area contributed by atoms with Crippen LogP contribution in [-0.2, 0) is 6.54 Å². The van der Waals surface area contributed by atoms with Crippen molar-refractivity contribution in [2.45, 2.75) is 13.5 Å². The maximum atomic E-state index is 12.9. The largest absolute Gasteiger partial charge is 0.348 e. The van der Waals surface area contributed by atoms with Crippen LogP contribution in [0.15, 0.2) is 69.9 Å². The standard InChI is InChI=1S/C20H16BrClN2O2/c1-13-5-10-18(19(25)23-12-14-6-8-16(22)9-7-14)20(26)24(13)17-4-2-3-15(21)11-17/h2-11H,12H2,1H3,(H,23,25).